The molecule has 0 atom stereocenters. The minimum absolute atomic E-state index is 0.112. The van der Waals surface area contributed by atoms with Gasteiger partial charge in [-0.15, -0.1) is 0 Å². The molecule has 0 radical (unpaired) electrons. The van der Waals surface area contributed by atoms with Crippen molar-refractivity contribution in [2.75, 3.05) is 7.11 Å². The lowest BCUT2D eigenvalue weighted by molar-refractivity contribution is -0.122. The molecule has 0 spiro atoms. The highest BCUT2D eigenvalue weighted by Crippen LogP contribution is 2.38. The van der Waals surface area contributed by atoms with E-state index in [0.717, 1.165) is 20.3 Å². The predicted molar refractivity (Wildman–Crippen MR) is 142 cm³/mol. The second kappa shape index (κ2) is 10.7. The summed E-state index contributed by atoms with van der Waals surface area (Å²) in [6, 6.07) is 19.7. The lowest BCUT2D eigenvalue weighted by atomic mass is 10.1. The van der Waals surface area contributed by atoms with Crippen LogP contribution in [0.25, 0.3) is 6.08 Å². The van der Waals surface area contributed by atoms with Crippen molar-refractivity contribution in [3.63, 3.8) is 0 Å². The average molecular weight is 591 g/mol. The summed E-state index contributed by atoms with van der Waals surface area (Å²) >= 11 is 8.92. The molecule has 8 heteroatoms. The summed E-state index contributed by atoms with van der Waals surface area (Å²) in [5, 5.41) is 0. The van der Waals surface area contributed by atoms with Crippen LogP contribution in [-0.2, 0) is 17.9 Å². The van der Waals surface area contributed by atoms with Crippen LogP contribution in [0.3, 0.4) is 0 Å². The third kappa shape index (κ3) is 5.74. The Balaban J connectivity index is 1.53. The van der Waals surface area contributed by atoms with E-state index >= 15 is 0 Å². The van der Waals surface area contributed by atoms with Crippen LogP contribution < -0.4 is 9.47 Å². The first-order valence-corrected chi connectivity index (χ1v) is 12.3. The highest BCUT2D eigenvalue weighted by atomic mass is 127. The molecular weight excluding hydrogens is 572 g/mol. The minimum Gasteiger partial charge on any atom is -0.493 e. The lowest BCUT2D eigenvalue weighted by Crippen LogP contribution is -2.27. The number of hydrogen-bond acceptors (Lipinski definition) is 5. The van der Waals surface area contributed by atoms with Gasteiger partial charge in [0, 0.05) is 0 Å². The fraction of sp³-hybridized carbons (Fsp3) is 0.120. The molecule has 1 fully saturated rings. The number of carbonyl (C=O) groups is 1. The van der Waals surface area contributed by atoms with Crippen LogP contribution in [0.5, 0.6) is 11.5 Å². The van der Waals surface area contributed by atoms with E-state index in [1.807, 2.05) is 48.5 Å². The third-order valence-electron chi connectivity index (χ3n) is 4.90. The fourth-order valence-corrected chi connectivity index (χ4v) is 5.29. The number of ether oxygens (including phenoxy) is 2. The van der Waals surface area contributed by atoms with Crippen LogP contribution in [0.1, 0.15) is 16.7 Å². The Hall–Kier alpha value is -2.43. The van der Waals surface area contributed by atoms with Gasteiger partial charge in [0.2, 0.25) is 0 Å². The van der Waals surface area contributed by atoms with E-state index in [4.69, 9.17) is 21.7 Å². The molecule has 4 nitrogen and oxygen atoms in total. The number of carbonyl (C=O) groups excluding carboxylic acids is 1. The first kappa shape index (κ1) is 23.7. The van der Waals surface area contributed by atoms with Crippen molar-refractivity contribution >= 4 is 62.9 Å². The normalized spacial score (nSPS) is 14.8. The van der Waals surface area contributed by atoms with Gasteiger partial charge in [0.15, 0.2) is 11.5 Å². The number of thiocarbonyl (C=S) groups is 1. The van der Waals surface area contributed by atoms with Crippen molar-refractivity contribution in [3.05, 3.63) is 97.7 Å². The Bertz CT molecular complexity index is 1220. The summed E-state index contributed by atoms with van der Waals surface area (Å²) in [7, 11) is 1.57. The van der Waals surface area contributed by atoms with Crippen molar-refractivity contribution in [1.82, 2.24) is 4.90 Å². The maximum absolute atomic E-state index is 13.1. The van der Waals surface area contributed by atoms with Gasteiger partial charge in [-0.3, -0.25) is 9.69 Å². The SMILES string of the molecule is COc1cc(/C=C2/SC(=S)N(Cc3ccccc3)C2=O)cc(I)c1OCc1ccc(F)cc1. The highest BCUT2D eigenvalue weighted by Gasteiger charge is 2.32. The molecule has 3 aromatic rings. The molecule has 0 unspecified atom stereocenters. The maximum atomic E-state index is 13.1. The minimum atomic E-state index is -0.288. The number of halogens is 2. The Labute approximate surface area is 214 Å². The summed E-state index contributed by atoms with van der Waals surface area (Å²) in [5.41, 5.74) is 2.68. The van der Waals surface area contributed by atoms with Crippen LogP contribution in [0.2, 0.25) is 0 Å². The van der Waals surface area contributed by atoms with Gasteiger partial charge in [0.1, 0.15) is 16.7 Å². The molecule has 0 aliphatic carbocycles. The molecule has 1 aliphatic heterocycles. The molecule has 0 aromatic heterocycles. The number of amides is 1. The molecule has 0 bridgehead atoms. The molecule has 3 aromatic carbocycles. The van der Waals surface area contributed by atoms with Crippen LogP contribution >= 0.6 is 46.6 Å². The van der Waals surface area contributed by atoms with Crippen LogP contribution in [0.15, 0.2) is 71.6 Å². The molecule has 4 rings (SSSR count). The monoisotopic (exact) mass is 591 g/mol. The molecule has 33 heavy (non-hydrogen) atoms. The van der Waals surface area contributed by atoms with E-state index in [9.17, 15) is 9.18 Å². The zero-order chi connectivity index (χ0) is 23.4. The largest absolute Gasteiger partial charge is 0.493 e. The zero-order valence-corrected chi connectivity index (χ0v) is 21.4. The first-order valence-electron chi connectivity index (χ1n) is 9.98. The van der Waals surface area contributed by atoms with E-state index in [1.54, 1.807) is 24.1 Å². The number of methoxy groups -OCH3 is 1. The van der Waals surface area contributed by atoms with Crippen molar-refractivity contribution in [1.29, 1.82) is 0 Å². The van der Waals surface area contributed by atoms with E-state index in [1.165, 1.54) is 23.9 Å². The highest BCUT2D eigenvalue weighted by molar-refractivity contribution is 14.1. The average Bonchev–Trinajstić information content (AvgIpc) is 3.07. The topological polar surface area (TPSA) is 38.8 Å². The summed E-state index contributed by atoms with van der Waals surface area (Å²) in [6.45, 7) is 0.726. The Morgan fingerprint density at radius 3 is 2.52 bits per heavy atom. The van der Waals surface area contributed by atoms with E-state index in [-0.39, 0.29) is 18.3 Å². The van der Waals surface area contributed by atoms with Crippen molar-refractivity contribution < 1.29 is 18.7 Å². The third-order valence-corrected chi connectivity index (χ3v) is 7.08. The summed E-state index contributed by atoms with van der Waals surface area (Å²) < 4.78 is 26.0. The molecule has 1 heterocycles. The standard InChI is InChI=1S/C25H19FINO3S2/c1-30-21-12-18(11-20(27)23(21)31-15-17-7-9-19(26)10-8-17)13-22-24(29)28(25(32)33-22)14-16-5-3-2-4-6-16/h2-13H,14-15H2,1H3/b22-13+. The maximum Gasteiger partial charge on any atom is 0.266 e. The van der Waals surface area contributed by atoms with Gasteiger partial charge in [0.05, 0.1) is 22.1 Å². The molecular formula is C25H19FINO3S2. The van der Waals surface area contributed by atoms with Crippen molar-refractivity contribution in [3.8, 4) is 11.5 Å². The second-order valence-corrected chi connectivity index (χ2v) is 10.0. The predicted octanol–water partition coefficient (Wildman–Crippen LogP) is 6.42. The molecule has 168 valence electrons. The van der Waals surface area contributed by atoms with Crippen molar-refractivity contribution in [2.24, 2.45) is 0 Å². The number of rotatable bonds is 7. The van der Waals surface area contributed by atoms with Gasteiger partial charge < -0.3 is 9.47 Å². The number of benzene rings is 3. The van der Waals surface area contributed by atoms with E-state index < -0.39 is 0 Å². The first-order chi connectivity index (χ1) is 15.9. The molecule has 0 N–H and O–H groups in total. The molecule has 1 aliphatic rings. The van der Waals surface area contributed by atoms with Crippen LogP contribution in [0, 0.1) is 9.39 Å². The Kier molecular flexibility index (Phi) is 7.67. The molecule has 0 saturated carbocycles. The lowest BCUT2D eigenvalue weighted by Gasteiger charge is -2.14. The second-order valence-electron chi connectivity index (χ2n) is 7.20. The Morgan fingerprint density at radius 1 is 1.09 bits per heavy atom. The number of nitrogens with zero attached hydrogens (tertiary/aromatic N) is 1. The Morgan fingerprint density at radius 2 is 1.82 bits per heavy atom. The van der Waals surface area contributed by atoms with Crippen LogP contribution in [-0.4, -0.2) is 22.2 Å². The number of thioether (sulfide) groups is 1. The van der Waals surface area contributed by atoms with E-state index in [2.05, 4.69) is 22.6 Å². The summed E-state index contributed by atoms with van der Waals surface area (Å²) in [4.78, 5) is 15.2. The van der Waals surface area contributed by atoms with Gasteiger partial charge in [0.25, 0.3) is 5.91 Å². The van der Waals surface area contributed by atoms with Gasteiger partial charge >= 0.3 is 0 Å². The fourth-order valence-electron chi connectivity index (χ4n) is 3.25. The van der Waals surface area contributed by atoms with Crippen LogP contribution in [0.4, 0.5) is 4.39 Å². The van der Waals surface area contributed by atoms with E-state index in [0.29, 0.717) is 27.3 Å². The van der Waals surface area contributed by atoms with Gasteiger partial charge in [-0.1, -0.05) is 66.4 Å². The zero-order valence-electron chi connectivity index (χ0n) is 17.6. The van der Waals surface area contributed by atoms with Gasteiger partial charge in [-0.05, 0) is 69.6 Å². The van der Waals surface area contributed by atoms with Gasteiger partial charge in [-0.2, -0.15) is 0 Å². The molecule has 1 amide bonds. The summed E-state index contributed by atoms with van der Waals surface area (Å²) in [5.74, 6) is 0.745. The molecule has 1 saturated heterocycles. The smallest absolute Gasteiger partial charge is 0.266 e. The van der Waals surface area contributed by atoms with Crippen molar-refractivity contribution in [2.45, 2.75) is 13.2 Å². The summed E-state index contributed by atoms with van der Waals surface area (Å²) in [6.07, 6.45) is 1.82. The number of hydrogen-bond donors (Lipinski definition) is 0. The van der Waals surface area contributed by atoms with Gasteiger partial charge in [-0.25, -0.2) is 4.39 Å². The quantitative estimate of drug-likeness (QED) is 0.180.